The molecule has 1 fully saturated rings. The molecule has 1 rings (SSSR count). The fourth-order valence-corrected chi connectivity index (χ4v) is 1.36. The van der Waals surface area contributed by atoms with E-state index >= 15 is 0 Å². The Morgan fingerprint density at radius 2 is 2.17 bits per heavy atom. The Hall–Kier alpha value is -0.0800. The van der Waals surface area contributed by atoms with Crippen LogP contribution in [0.5, 0.6) is 0 Å². The molecule has 1 unspecified atom stereocenters. The van der Waals surface area contributed by atoms with Gasteiger partial charge >= 0.3 is 0 Å². The molecule has 2 nitrogen and oxygen atoms in total. The SMILES string of the molecule is CC(N)CCCCOC1CCC1. The third-order valence-corrected chi connectivity index (χ3v) is 2.46. The van der Waals surface area contributed by atoms with E-state index in [-0.39, 0.29) is 0 Å². The number of nitrogens with two attached hydrogens (primary N) is 1. The number of rotatable bonds is 6. The van der Waals surface area contributed by atoms with Crippen LogP contribution < -0.4 is 5.73 Å². The number of hydrogen-bond donors (Lipinski definition) is 1. The third-order valence-electron chi connectivity index (χ3n) is 2.46. The maximum Gasteiger partial charge on any atom is 0.0575 e. The van der Waals surface area contributed by atoms with Crippen LogP contribution >= 0.6 is 0 Å². The van der Waals surface area contributed by atoms with Crippen LogP contribution in [-0.2, 0) is 4.74 Å². The average molecular weight is 171 g/mol. The predicted octanol–water partition coefficient (Wildman–Crippen LogP) is 2.07. The van der Waals surface area contributed by atoms with Crippen molar-refractivity contribution in [1.82, 2.24) is 0 Å². The highest BCUT2D eigenvalue weighted by atomic mass is 16.5. The van der Waals surface area contributed by atoms with E-state index in [4.69, 9.17) is 10.5 Å². The highest BCUT2D eigenvalue weighted by molar-refractivity contribution is 4.68. The molecule has 72 valence electrons. The van der Waals surface area contributed by atoms with E-state index in [1.807, 2.05) is 0 Å². The van der Waals surface area contributed by atoms with E-state index in [1.165, 1.54) is 32.1 Å². The lowest BCUT2D eigenvalue weighted by Gasteiger charge is -2.25. The minimum Gasteiger partial charge on any atom is -0.378 e. The summed E-state index contributed by atoms with van der Waals surface area (Å²) in [4.78, 5) is 0. The van der Waals surface area contributed by atoms with Crippen LogP contribution in [0.2, 0.25) is 0 Å². The van der Waals surface area contributed by atoms with Crippen LogP contribution in [-0.4, -0.2) is 18.8 Å². The zero-order chi connectivity index (χ0) is 8.81. The minimum atomic E-state index is 0.355. The first-order valence-corrected chi connectivity index (χ1v) is 5.16. The summed E-state index contributed by atoms with van der Waals surface area (Å²) in [6, 6.07) is 0.355. The molecule has 2 heteroatoms. The molecule has 0 aromatic heterocycles. The van der Waals surface area contributed by atoms with Crippen LogP contribution in [0.3, 0.4) is 0 Å². The van der Waals surface area contributed by atoms with Gasteiger partial charge in [0.15, 0.2) is 0 Å². The van der Waals surface area contributed by atoms with Crippen molar-refractivity contribution in [2.45, 2.75) is 57.6 Å². The molecule has 0 amide bonds. The maximum atomic E-state index is 5.63. The van der Waals surface area contributed by atoms with Crippen molar-refractivity contribution in [3.05, 3.63) is 0 Å². The lowest BCUT2D eigenvalue weighted by Crippen LogP contribution is -2.22. The summed E-state index contributed by atoms with van der Waals surface area (Å²) in [6.45, 7) is 3.00. The van der Waals surface area contributed by atoms with Gasteiger partial charge in [0.25, 0.3) is 0 Å². The molecule has 0 saturated heterocycles. The Bertz CT molecular complexity index is 110. The fourth-order valence-electron chi connectivity index (χ4n) is 1.36. The molecule has 1 aliphatic carbocycles. The van der Waals surface area contributed by atoms with E-state index in [9.17, 15) is 0 Å². The van der Waals surface area contributed by atoms with E-state index in [2.05, 4.69) is 6.92 Å². The van der Waals surface area contributed by atoms with Crippen LogP contribution in [0.1, 0.15) is 45.4 Å². The molecule has 0 spiro atoms. The Morgan fingerprint density at radius 1 is 1.42 bits per heavy atom. The van der Waals surface area contributed by atoms with Gasteiger partial charge in [0.1, 0.15) is 0 Å². The molecule has 12 heavy (non-hydrogen) atoms. The van der Waals surface area contributed by atoms with Gasteiger partial charge in [0, 0.05) is 12.6 Å². The monoisotopic (exact) mass is 171 g/mol. The van der Waals surface area contributed by atoms with Crippen LogP contribution in [0.25, 0.3) is 0 Å². The molecular formula is C10H21NO. The second-order valence-corrected chi connectivity index (χ2v) is 3.90. The summed E-state index contributed by atoms with van der Waals surface area (Å²) in [5, 5.41) is 0. The molecule has 0 bridgehead atoms. The van der Waals surface area contributed by atoms with Gasteiger partial charge in [-0.05, 0) is 45.4 Å². The van der Waals surface area contributed by atoms with Crippen molar-refractivity contribution >= 4 is 0 Å². The van der Waals surface area contributed by atoms with Gasteiger partial charge in [-0.15, -0.1) is 0 Å². The molecule has 2 N–H and O–H groups in total. The molecule has 1 aliphatic rings. The number of hydrogen-bond acceptors (Lipinski definition) is 2. The van der Waals surface area contributed by atoms with Crippen molar-refractivity contribution in [2.75, 3.05) is 6.61 Å². The van der Waals surface area contributed by atoms with E-state index in [0.717, 1.165) is 13.0 Å². The van der Waals surface area contributed by atoms with Crippen LogP contribution in [0, 0.1) is 0 Å². The van der Waals surface area contributed by atoms with Crippen LogP contribution in [0.15, 0.2) is 0 Å². The summed E-state index contributed by atoms with van der Waals surface area (Å²) in [6.07, 6.45) is 8.06. The van der Waals surface area contributed by atoms with Crippen LogP contribution in [0.4, 0.5) is 0 Å². The summed E-state index contributed by atoms with van der Waals surface area (Å²) >= 11 is 0. The van der Waals surface area contributed by atoms with Gasteiger partial charge in [-0.25, -0.2) is 0 Å². The number of ether oxygens (including phenoxy) is 1. The van der Waals surface area contributed by atoms with Crippen molar-refractivity contribution in [3.63, 3.8) is 0 Å². The molecule has 1 saturated carbocycles. The molecule has 0 heterocycles. The Morgan fingerprint density at radius 3 is 2.67 bits per heavy atom. The molecule has 0 radical (unpaired) electrons. The lowest BCUT2D eigenvalue weighted by molar-refractivity contribution is 0.000577. The lowest BCUT2D eigenvalue weighted by atomic mass is 9.96. The zero-order valence-electron chi connectivity index (χ0n) is 8.09. The second-order valence-electron chi connectivity index (χ2n) is 3.90. The molecular weight excluding hydrogens is 150 g/mol. The molecule has 0 aliphatic heterocycles. The van der Waals surface area contributed by atoms with E-state index in [1.54, 1.807) is 0 Å². The smallest absolute Gasteiger partial charge is 0.0575 e. The van der Waals surface area contributed by atoms with Gasteiger partial charge in [-0.2, -0.15) is 0 Å². The fraction of sp³-hybridized carbons (Fsp3) is 1.00. The van der Waals surface area contributed by atoms with Crippen molar-refractivity contribution < 1.29 is 4.74 Å². The molecule has 0 aromatic rings. The maximum absolute atomic E-state index is 5.63. The van der Waals surface area contributed by atoms with Gasteiger partial charge < -0.3 is 10.5 Å². The quantitative estimate of drug-likeness (QED) is 0.621. The highest BCUT2D eigenvalue weighted by Crippen LogP contribution is 2.21. The van der Waals surface area contributed by atoms with Crippen molar-refractivity contribution in [1.29, 1.82) is 0 Å². The minimum absolute atomic E-state index is 0.355. The largest absolute Gasteiger partial charge is 0.378 e. The molecule has 0 aromatic carbocycles. The summed E-state index contributed by atoms with van der Waals surface area (Å²) < 4.78 is 5.62. The highest BCUT2D eigenvalue weighted by Gasteiger charge is 2.16. The number of unbranched alkanes of at least 4 members (excludes halogenated alkanes) is 1. The normalized spacial score (nSPS) is 20.5. The van der Waals surface area contributed by atoms with Gasteiger partial charge in [0.2, 0.25) is 0 Å². The van der Waals surface area contributed by atoms with Crippen molar-refractivity contribution in [2.24, 2.45) is 5.73 Å². The Labute approximate surface area is 75.5 Å². The molecule has 1 atom stereocenters. The van der Waals surface area contributed by atoms with Gasteiger partial charge in [0.05, 0.1) is 6.10 Å². The third kappa shape index (κ3) is 4.07. The van der Waals surface area contributed by atoms with Gasteiger partial charge in [-0.1, -0.05) is 0 Å². The Balaban J connectivity index is 1.76. The standard InChI is InChI=1S/C10H21NO/c1-9(11)5-2-3-8-12-10-6-4-7-10/h9-10H,2-8,11H2,1H3. The summed E-state index contributed by atoms with van der Waals surface area (Å²) in [5.41, 5.74) is 5.63. The first-order chi connectivity index (χ1) is 5.79. The predicted molar refractivity (Wildman–Crippen MR) is 51.1 cm³/mol. The van der Waals surface area contributed by atoms with E-state index in [0.29, 0.717) is 12.1 Å². The topological polar surface area (TPSA) is 35.2 Å². The van der Waals surface area contributed by atoms with Gasteiger partial charge in [-0.3, -0.25) is 0 Å². The first kappa shape index (κ1) is 10.0. The Kier molecular flexibility index (Phi) is 4.62. The van der Waals surface area contributed by atoms with E-state index < -0.39 is 0 Å². The zero-order valence-corrected chi connectivity index (χ0v) is 8.09. The first-order valence-electron chi connectivity index (χ1n) is 5.16. The average Bonchev–Trinajstić information content (AvgIpc) is 1.92. The summed E-state index contributed by atoms with van der Waals surface area (Å²) in [7, 11) is 0. The second kappa shape index (κ2) is 5.55. The summed E-state index contributed by atoms with van der Waals surface area (Å²) in [5.74, 6) is 0. The van der Waals surface area contributed by atoms with Crippen molar-refractivity contribution in [3.8, 4) is 0 Å².